The van der Waals surface area contributed by atoms with E-state index in [0.717, 1.165) is 19.4 Å². The molecular weight excluding hydrogens is 226 g/mol. The summed E-state index contributed by atoms with van der Waals surface area (Å²) in [5.41, 5.74) is 0.106. The molecule has 0 bridgehead atoms. The summed E-state index contributed by atoms with van der Waals surface area (Å²) in [6.45, 7) is 10.8. The van der Waals surface area contributed by atoms with Gasteiger partial charge in [-0.1, -0.05) is 25.5 Å². The molecule has 0 radical (unpaired) electrons. The third kappa shape index (κ3) is 5.90. The van der Waals surface area contributed by atoms with E-state index in [1.54, 1.807) is 12.2 Å². The van der Waals surface area contributed by atoms with E-state index >= 15 is 0 Å². The first-order chi connectivity index (χ1) is 8.71. The van der Waals surface area contributed by atoms with Crippen molar-refractivity contribution >= 4 is 5.91 Å². The van der Waals surface area contributed by atoms with Gasteiger partial charge in [-0.15, -0.1) is 13.2 Å². The molecule has 1 N–H and O–H groups in total. The molecule has 0 aliphatic heterocycles. The molecule has 0 spiro atoms. The van der Waals surface area contributed by atoms with E-state index in [1.165, 1.54) is 11.1 Å². The minimum atomic E-state index is -0.304. The van der Waals surface area contributed by atoms with Crippen LogP contribution in [0.2, 0.25) is 0 Å². The molecule has 0 aromatic rings. The van der Waals surface area contributed by atoms with Crippen LogP contribution in [0.5, 0.6) is 0 Å². The highest BCUT2D eigenvalue weighted by Gasteiger charge is 2.15. The molecule has 0 aromatic heterocycles. The SMILES string of the molecule is C=CCN(CC=C)C(=O)/C(C#N)=C\NCCCC. The molecule has 4 nitrogen and oxygen atoms in total. The van der Waals surface area contributed by atoms with Gasteiger partial charge in [0.15, 0.2) is 0 Å². The molecule has 0 rings (SSSR count). The van der Waals surface area contributed by atoms with Gasteiger partial charge in [0.1, 0.15) is 11.6 Å². The van der Waals surface area contributed by atoms with Gasteiger partial charge in [-0.05, 0) is 6.42 Å². The first kappa shape index (κ1) is 16.0. The quantitative estimate of drug-likeness (QED) is 0.293. The second kappa shape index (κ2) is 10.2. The number of nitrogens with one attached hydrogen (secondary N) is 1. The topological polar surface area (TPSA) is 56.1 Å². The number of hydrogen-bond acceptors (Lipinski definition) is 3. The highest BCUT2D eigenvalue weighted by atomic mass is 16.2. The van der Waals surface area contributed by atoms with Gasteiger partial charge in [0.25, 0.3) is 5.91 Å². The molecular formula is C14H21N3O. The molecule has 0 aliphatic rings. The monoisotopic (exact) mass is 247 g/mol. The van der Waals surface area contributed by atoms with Crippen LogP contribution in [0, 0.1) is 11.3 Å². The van der Waals surface area contributed by atoms with Gasteiger partial charge in [0.2, 0.25) is 0 Å². The summed E-state index contributed by atoms with van der Waals surface area (Å²) in [4.78, 5) is 13.5. The standard InChI is InChI=1S/C14H21N3O/c1-4-7-8-16-12-13(11-15)14(18)17(9-5-2)10-6-3/h5-6,12,16H,2-4,7-10H2,1H3/b13-12-. The van der Waals surface area contributed by atoms with Crippen molar-refractivity contribution in [3.05, 3.63) is 37.1 Å². The van der Waals surface area contributed by atoms with Crippen molar-refractivity contribution in [2.75, 3.05) is 19.6 Å². The van der Waals surface area contributed by atoms with Crippen molar-refractivity contribution in [1.29, 1.82) is 5.26 Å². The van der Waals surface area contributed by atoms with Crippen LogP contribution in [0.15, 0.2) is 37.1 Å². The molecule has 0 heterocycles. The first-order valence-corrected chi connectivity index (χ1v) is 6.05. The van der Waals surface area contributed by atoms with Crippen LogP contribution < -0.4 is 5.32 Å². The summed E-state index contributed by atoms with van der Waals surface area (Å²) >= 11 is 0. The van der Waals surface area contributed by atoms with E-state index in [2.05, 4.69) is 25.4 Å². The Kier molecular flexibility index (Phi) is 9.01. The Bertz CT molecular complexity index is 343. The van der Waals surface area contributed by atoms with Gasteiger partial charge in [0, 0.05) is 25.8 Å². The van der Waals surface area contributed by atoms with Crippen LogP contribution in [0.25, 0.3) is 0 Å². The van der Waals surface area contributed by atoms with Gasteiger partial charge in [-0.3, -0.25) is 4.79 Å². The number of amides is 1. The second-order valence-corrected chi connectivity index (χ2v) is 3.76. The molecule has 0 atom stereocenters. The van der Waals surface area contributed by atoms with Crippen LogP contribution in [0.3, 0.4) is 0 Å². The van der Waals surface area contributed by atoms with E-state index in [9.17, 15) is 4.79 Å². The maximum absolute atomic E-state index is 12.0. The number of hydrogen-bond donors (Lipinski definition) is 1. The third-order valence-corrected chi connectivity index (χ3v) is 2.26. The molecule has 0 aliphatic carbocycles. The van der Waals surface area contributed by atoms with E-state index in [1.807, 2.05) is 6.07 Å². The minimum Gasteiger partial charge on any atom is -0.390 e. The Morgan fingerprint density at radius 1 is 1.39 bits per heavy atom. The summed E-state index contributed by atoms with van der Waals surface area (Å²) in [6, 6.07) is 1.91. The highest BCUT2D eigenvalue weighted by Crippen LogP contribution is 2.01. The zero-order valence-electron chi connectivity index (χ0n) is 11.0. The molecule has 0 unspecified atom stereocenters. The summed E-state index contributed by atoms with van der Waals surface area (Å²) < 4.78 is 0. The lowest BCUT2D eigenvalue weighted by molar-refractivity contribution is -0.125. The maximum Gasteiger partial charge on any atom is 0.266 e. The van der Waals surface area contributed by atoms with Crippen molar-refractivity contribution in [1.82, 2.24) is 10.2 Å². The first-order valence-electron chi connectivity index (χ1n) is 6.05. The van der Waals surface area contributed by atoms with E-state index in [-0.39, 0.29) is 11.5 Å². The summed E-state index contributed by atoms with van der Waals surface area (Å²) in [6.07, 6.45) is 6.81. The van der Waals surface area contributed by atoms with Crippen molar-refractivity contribution in [3.63, 3.8) is 0 Å². The number of carbonyl (C=O) groups is 1. The molecule has 4 heteroatoms. The molecule has 0 fully saturated rings. The third-order valence-electron chi connectivity index (χ3n) is 2.26. The van der Waals surface area contributed by atoms with Gasteiger partial charge in [0.05, 0.1) is 0 Å². The molecule has 0 saturated heterocycles. The number of rotatable bonds is 9. The predicted octanol–water partition coefficient (Wildman–Crippen LogP) is 1.98. The summed E-state index contributed by atoms with van der Waals surface area (Å²) in [5, 5.41) is 12.0. The van der Waals surface area contributed by atoms with E-state index in [4.69, 9.17) is 5.26 Å². The van der Waals surface area contributed by atoms with Crippen molar-refractivity contribution in [2.45, 2.75) is 19.8 Å². The van der Waals surface area contributed by atoms with Gasteiger partial charge < -0.3 is 10.2 Å². The molecule has 0 aromatic carbocycles. The Morgan fingerprint density at radius 2 is 2.00 bits per heavy atom. The van der Waals surface area contributed by atoms with Crippen molar-refractivity contribution < 1.29 is 4.79 Å². The minimum absolute atomic E-state index is 0.106. The zero-order chi connectivity index (χ0) is 13.8. The van der Waals surface area contributed by atoms with Crippen molar-refractivity contribution in [2.24, 2.45) is 0 Å². The normalized spacial score (nSPS) is 10.3. The van der Waals surface area contributed by atoms with E-state index in [0.29, 0.717) is 13.1 Å². The fourth-order valence-corrected chi connectivity index (χ4v) is 1.32. The zero-order valence-corrected chi connectivity index (χ0v) is 11.0. The Hall–Kier alpha value is -2.02. The van der Waals surface area contributed by atoms with Crippen molar-refractivity contribution in [3.8, 4) is 6.07 Å². The van der Waals surface area contributed by atoms with Crippen LogP contribution in [-0.4, -0.2) is 30.4 Å². The van der Waals surface area contributed by atoms with Gasteiger partial charge in [-0.2, -0.15) is 5.26 Å². The lowest BCUT2D eigenvalue weighted by Gasteiger charge is -2.18. The molecule has 98 valence electrons. The molecule has 0 saturated carbocycles. The van der Waals surface area contributed by atoms with Crippen LogP contribution >= 0.6 is 0 Å². The fraction of sp³-hybridized carbons (Fsp3) is 0.429. The van der Waals surface area contributed by atoms with Crippen LogP contribution in [-0.2, 0) is 4.79 Å². The number of carbonyl (C=O) groups excluding carboxylic acids is 1. The fourth-order valence-electron chi connectivity index (χ4n) is 1.32. The second-order valence-electron chi connectivity index (χ2n) is 3.76. The van der Waals surface area contributed by atoms with Crippen LogP contribution in [0.1, 0.15) is 19.8 Å². The largest absolute Gasteiger partial charge is 0.390 e. The van der Waals surface area contributed by atoms with Gasteiger partial charge >= 0.3 is 0 Å². The Morgan fingerprint density at radius 3 is 2.44 bits per heavy atom. The number of nitrogens with zero attached hydrogens (tertiary/aromatic N) is 2. The lowest BCUT2D eigenvalue weighted by Crippen LogP contribution is -2.32. The average molecular weight is 247 g/mol. The summed E-state index contributed by atoms with van der Waals surface area (Å²) in [5.74, 6) is -0.304. The smallest absolute Gasteiger partial charge is 0.266 e. The predicted molar refractivity (Wildman–Crippen MR) is 73.6 cm³/mol. The average Bonchev–Trinajstić information content (AvgIpc) is 2.38. The van der Waals surface area contributed by atoms with Gasteiger partial charge in [-0.25, -0.2) is 0 Å². The van der Waals surface area contributed by atoms with E-state index < -0.39 is 0 Å². The van der Waals surface area contributed by atoms with Crippen LogP contribution in [0.4, 0.5) is 0 Å². The maximum atomic E-state index is 12.0. The molecule has 18 heavy (non-hydrogen) atoms. The number of nitriles is 1. The number of unbranched alkanes of at least 4 members (excludes halogenated alkanes) is 1. The Balaban J connectivity index is 4.60. The Labute approximate surface area is 109 Å². The lowest BCUT2D eigenvalue weighted by atomic mass is 10.2. The highest BCUT2D eigenvalue weighted by molar-refractivity contribution is 5.97. The molecule has 1 amide bonds. The summed E-state index contributed by atoms with van der Waals surface area (Å²) in [7, 11) is 0.